The number of aliphatic hydroxyl groups is 1. The Labute approximate surface area is 206 Å². The summed E-state index contributed by atoms with van der Waals surface area (Å²) in [5, 5.41) is 14.8. The highest BCUT2D eigenvalue weighted by Crippen LogP contribution is 2.38. The van der Waals surface area contributed by atoms with Gasteiger partial charge in [-0.1, -0.05) is 43.3 Å². The molecular formula is C29H33N3O3. The molecule has 0 aliphatic rings. The number of nitrogens with one attached hydrogen (secondary N) is 2. The number of H-pyrrole nitrogens is 1. The topological polar surface area (TPSA) is 77.6 Å². The smallest absolute Gasteiger partial charge is 0.262 e. The van der Waals surface area contributed by atoms with Crippen LogP contribution < -0.4 is 15.0 Å². The molecule has 0 radical (unpaired) electrons. The predicted octanol–water partition coefficient (Wildman–Crippen LogP) is 5.66. The van der Waals surface area contributed by atoms with Crippen LogP contribution >= 0.6 is 0 Å². The fourth-order valence-corrected chi connectivity index (χ4v) is 3.85. The summed E-state index contributed by atoms with van der Waals surface area (Å²) in [6, 6.07) is 24.4. The highest BCUT2D eigenvalue weighted by atomic mass is 16.5. The van der Waals surface area contributed by atoms with Gasteiger partial charge in [0, 0.05) is 34.7 Å². The van der Waals surface area contributed by atoms with Crippen LogP contribution in [-0.4, -0.2) is 40.8 Å². The van der Waals surface area contributed by atoms with Gasteiger partial charge in [-0.05, 0) is 62.7 Å². The second-order valence-electron chi connectivity index (χ2n) is 9.27. The summed E-state index contributed by atoms with van der Waals surface area (Å²) >= 11 is 0. The maximum absolute atomic E-state index is 13.8. The molecular weight excluding hydrogens is 438 g/mol. The number of fused-ring (bicyclic) bond motifs is 1. The molecule has 0 fully saturated rings. The zero-order valence-electron chi connectivity index (χ0n) is 20.5. The Morgan fingerprint density at radius 3 is 2.49 bits per heavy atom. The number of nitrogens with zero attached hydrogens (tertiary/aromatic N) is 1. The molecule has 0 aliphatic carbocycles. The van der Waals surface area contributed by atoms with E-state index in [1.807, 2.05) is 72.9 Å². The van der Waals surface area contributed by atoms with Crippen LogP contribution in [0, 0.1) is 0 Å². The van der Waals surface area contributed by atoms with Crippen LogP contribution in [0.1, 0.15) is 37.6 Å². The van der Waals surface area contributed by atoms with Gasteiger partial charge in [-0.2, -0.15) is 0 Å². The van der Waals surface area contributed by atoms with Crippen LogP contribution in [-0.2, 0) is 0 Å². The lowest BCUT2D eigenvalue weighted by Crippen LogP contribution is -2.44. The minimum absolute atomic E-state index is 0.0625. The van der Waals surface area contributed by atoms with E-state index in [0.717, 1.165) is 23.0 Å². The highest BCUT2D eigenvalue weighted by molar-refractivity contribution is 6.15. The first-order valence-electron chi connectivity index (χ1n) is 12.0. The molecule has 4 aromatic rings. The lowest BCUT2D eigenvalue weighted by molar-refractivity contribution is 0.0974. The van der Waals surface area contributed by atoms with Gasteiger partial charge in [0.05, 0.1) is 11.4 Å². The fraction of sp³-hybridized carbons (Fsp3) is 0.276. The average molecular weight is 472 g/mol. The number of ether oxygens (including phenoxy) is 1. The summed E-state index contributed by atoms with van der Waals surface area (Å²) in [4.78, 5) is 18.8. The zero-order chi connectivity index (χ0) is 24.8. The molecule has 3 N–H and O–H groups in total. The van der Waals surface area contributed by atoms with Gasteiger partial charge in [0.15, 0.2) is 0 Å². The van der Waals surface area contributed by atoms with E-state index in [0.29, 0.717) is 23.5 Å². The van der Waals surface area contributed by atoms with Crippen molar-refractivity contribution < 1.29 is 14.6 Å². The van der Waals surface area contributed by atoms with Crippen LogP contribution in [0.5, 0.6) is 5.75 Å². The van der Waals surface area contributed by atoms with Crippen molar-refractivity contribution in [2.24, 2.45) is 0 Å². The zero-order valence-corrected chi connectivity index (χ0v) is 20.5. The van der Waals surface area contributed by atoms with Crippen LogP contribution in [0.25, 0.3) is 10.9 Å². The summed E-state index contributed by atoms with van der Waals surface area (Å²) in [5.41, 5.74) is 2.81. The van der Waals surface area contributed by atoms with Crippen molar-refractivity contribution in [3.8, 4) is 5.75 Å². The quantitative estimate of drug-likeness (QED) is 0.279. The predicted molar refractivity (Wildman–Crippen MR) is 142 cm³/mol. The molecule has 0 bridgehead atoms. The van der Waals surface area contributed by atoms with Crippen molar-refractivity contribution in [2.45, 2.75) is 38.8 Å². The minimum Gasteiger partial charge on any atom is -0.489 e. The number of aromatic amines is 1. The number of carbonyl (C=O) groups is 1. The number of anilines is 2. The third-order valence-corrected chi connectivity index (χ3v) is 6.27. The second-order valence-corrected chi connectivity index (χ2v) is 9.27. The van der Waals surface area contributed by atoms with Crippen LogP contribution in [0.4, 0.5) is 11.4 Å². The van der Waals surface area contributed by atoms with Crippen LogP contribution in [0.3, 0.4) is 0 Å². The van der Waals surface area contributed by atoms with Crippen molar-refractivity contribution in [1.82, 2.24) is 10.3 Å². The monoisotopic (exact) mass is 471 g/mol. The van der Waals surface area contributed by atoms with Crippen molar-refractivity contribution in [2.75, 3.05) is 18.1 Å². The molecule has 1 unspecified atom stereocenters. The van der Waals surface area contributed by atoms with E-state index in [-0.39, 0.29) is 18.1 Å². The van der Waals surface area contributed by atoms with Gasteiger partial charge in [-0.25, -0.2) is 0 Å². The van der Waals surface area contributed by atoms with E-state index in [1.165, 1.54) is 0 Å². The van der Waals surface area contributed by atoms with Gasteiger partial charge in [-0.15, -0.1) is 0 Å². The number of aliphatic hydroxyl groups excluding tert-OH is 1. The Balaban J connectivity index is 1.67. The van der Waals surface area contributed by atoms with Crippen molar-refractivity contribution in [3.05, 3.63) is 90.6 Å². The van der Waals surface area contributed by atoms with Crippen molar-refractivity contribution in [3.63, 3.8) is 0 Å². The molecule has 0 spiro atoms. The third-order valence-electron chi connectivity index (χ3n) is 6.27. The average Bonchev–Trinajstić information content (AvgIpc) is 3.37. The molecule has 0 saturated carbocycles. The van der Waals surface area contributed by atoms with Gasteiger partial charge in [0.2, 0.25) is 0 Å². The Bertz CT molecular complexity index is 1270. The molecule has 0 saturated heterocycles. The number of hydrogen-bond donors (Lipinski definition) is 3. The molecule has 35 heavy (non-hydrogen) atoms. The van der Waals surface area contributed by atoms with E-state index in [1.54, 1.807) is 17.0 Å². The number of rotatable bonds is 10. The number of carbonyl (C=O) groups excluding carboxylic acids is 1. The molecule has 1 amide bonds. The standard InChI is InChI=1S/C29H33N3O3/c1-4-29(2,3)31-19-22(33)20-35-27-16-9-8-14-26(27)32(28(34)21-11-6-5-7-12-21)25-15-10-13-24-23(25)17-18-30-24/h5-18,22,30-31,33H,4,19-20H2,1-3H3. The van der Waals surface area contributed by atoms with Gasteiger partial charge in [0.1, 0.15) is 18.5 Å². The molecule has 182 valence electrons. The first kappa shape index (κ1) is 24.5. The Morgan fingerprint density at radius 2 is 1.71 bits per heavy atom. The van der Waals surface area contributed by atoms with Gasteiger partial charge in [0.25, 0.3) is 5.91 Å². The first-order chi connectivity index (χ1) is 16.9. The molecule has 1 heterocycles. The number of hydrogen-bond acceptors (Lipinski definition) is 4. The van der Waals surface area contributed by atoms with E-state index >= 15 is 0 Å². The number of benzene rings is 3. The number of aromatic nitrogens is 1. The molecule has 4 rings (SSSR count). The number of amides is 1. The SMILES string of the molecule is CCC(C)(C)NCC(O)COc1ccccc1N(C(=O)c1ccccc1)c1cccc2[nH]ccc12. The minimum atomic E-state index is -0.694. The van der Waals surface area contributed by atoms with Gasteiger partial charge in [-0.3, -0.25) is 9.69 Å². The van der Waals surface area contributed by atoms with E-state index < -0.39 is 6.10 Å². The molecule has 0 aliphatic heterocycles. The molecule has 1 aromatic heterocycles. The highest BCUT2D eigenvalue weighted by Gasteiger charge is 2.25. The first-order valence-corrected chi connectivity index (χ1v) is 12.0. The maximum Gasteiger partial charge on any atom is 0.262 e. The molecule has 3 aromatic carbocycles. The van der Waals surface area contributed by atoms with E-state index in [4.69, 9.17) is 4.74 Å². The van der Waals surface area contributed by atoms with Gasteiger partial charge >= 0.3 is 0 Å². The lowest BCUT2D eigenvalue weighted by atomic mass is 10.0. The summed E-state index contributed by atoms with van der Waals surface area (Å²) in [5.74, 6) is 0.361. The summed E-state index contributed by atoms with van der Waals surface area (Å²) < 4.78 is 6.09. The van der Waals surface area contributed by atoms with E-state index in [2.05, 4.69) is 31.1 Å². The number of para-hydroxylation sites is 2. The Hall–Kier alpha value is -3.61. The van der Waals surface area contributed by atoms with Crippen molar-refractivity contribution >= 4 is 28.2 Å². The van der Waals surface area contributed by atoms with Crippen LogP contribution in [0.2, 0.25) is 0 Å². The number of β-amino-alcohol motifs (C(OH)–C–C–N with tert-alkyl or cyclic N) is 1. The molecule has 6 heteroatoms. The summed E-state index contributed by atoms with van der Waals surface area (Å²) in [7, 11) is 0. The van der Waals surface area contributed by atoms with Crippen LogP contribution in [0.15, 0.2) is 85.1 Å². The summed E-state index contributed by atoms with van der Waals surface area (Å²) in [6.45, 7) is 6.83. The summed E-state index contributed by atoms with van der Waals surface area (Å²) in [6.07, 6.45) is 2.12. The third kappa shape index (κ3) is 5.73. The Kier molecular flexibility index (Phi) is 7.54. The largest absolute Gasteiger partial charge is 0.489 e. The van der Waals surface area contributed by atoms with E-state index in [9.17, 15) is 9.90 Å². The van der Waals surface area contributed by atoms with Gasteiger partial charge < -0.3 is 20.1 Å². The normalized spacial score (nSPS) is 12.5. The lowest BCUT2D eigenvalue weighted by Gasteiger charge is -2.28. The Morgan fingerprint density at radius 1 is 1.00 bits per heavy atom. The second kappa shape index (κ2) is 10.8. The maximum atomic E-state index is 13.8. The fourth-order valence-electron chi connectivity index (χ4n) is 3.85. The van der Waals surface area contributed by atoms with Crippen molar-refractivity contribution in [1.29, 1.82) is 0 Å². The molecule has 6 nitrogen and oxygen atoms in total. The molecule has 1 atom stereocenters.